The Bertz CT molecular complexity index is 138. The minimum atomic E-state index is -0.130. The van der Waals surface area contributed by atoms with Crippen molar-refractivity contribution in [3.63, 3.8) is 0 Å². The van der Waals surface area contributed by atoms with Crippen LogP contribution in [0.4, 0.5) is 0 Å². The van der Waals surface area contributed by atoms with Crippen molar-refractivity contribution in [1.82, 2.24) is 10.2 Å². The number of carbonyl (C=O) groups is 1. The zero-order valence-electron chi connectivity index (χ0n) is 8.80. The van der Waals surface area contributed by atoms with Crippen molar-refractivity contribution in [1.29, 1.82) is 0 Å². The first-order valence-corrected chi connectivity index (χ1v) is 4.59. The van der Waals surface area contributed by atoms with Crippen LogP contribution in [0, 0.1) is 0 Å². The lowest BCUT2D eigenvalue weighted by molar-refractivity contribution is -0.140. The van der Waals surface area contributed by atoms with Crippen LogP contribution in [0.2, 0.25) is 0 Å². The Morgan fingerprint density at radius 3 is 2.62 bits per heavy atom. The predicted molar refractivity (Wildman–Crippen MR) is 52.7 cm³/mol. The van der Waals surface area contributed by atoms with Gasteiger partial charge in [-0.1, -0.05) is 0 Å². The number of nitrogens with one attached hydrogen (secondary N) is 1. The fraction of sp³-hybridized carbons (Fsp3) is 0.889. The molecule has 4 heteroatoms. The first-order chi connectivity index (χ1) is 6.16. The highest BCUT2D eigenvalue weighted by Crippen LogP contribution is 1.89. The average molecular weight is 188 g/mol. The van der Waals surface area contributed by atoms with Gasteiger partial charge < -0.3 is 15.0 Å². The van der Waals surface area contributed by atoms with E-state index in [4.69, 9.17) is 0 Å². The molecule has 1 N–H and O–H groups in total. The van der Waals surface area contributed by atoms with Crippen LogP contribution in [-0.2, 0) is 9.53 Å². The summed E-state index contributed by atoms with van der Waals surface area (Å²) in [6, 6.07) is 0. The molecule has 0 spiro atoms. The van der Waals surface area contributed by atoms with Crippen molar-refractivity contribution in [3.05, 3.63) is 0 Å². The van der Waals surface area contributed by atoms with Crippen molar-refractivity contribution in [2.24, 2.45) is 0 Å². The van der Waals surface area contributed by atoms with Gasteiger partial charge in [-0.05, 0) is 27.1 Å². The first kappa shape index (κ1) is 12.4. The van der Waals surface area contributed by atoms with Crippen molar-refractivity contribution in [2.45, 2.75) is 12.8 Å². The summed E-state index contributed by atoms with van der Waals surface area (Å²) in [6.45, 7) is 2.87. The topological polar surface area (TPSA) is 41.6 Å². The average Bonchev–Trinajstić information content (AvgIpc) is 2.10. The monoisotopic (exact) mass is 188 g/mol. The molecule has 0 bridgehead atoms. The Kier molecular flexibility index (Phi) is 7.63. The van der Waals surface area contributed by atoms with E-state index in [0.717, 1.165) is 26.1 Å². The van der Waals surface area contributed by atoms with E-state index in [-0.39, 0.29) is 5.97 Å². The molecule has 0 aliphatic carbocycles. The van der Waals surface area contributed by atoms with Crippen LogP contribution in [0.1, 0.15) is 12.8 Å². The van der Waals surface area contributed by atoms with Gasteiger partial charge in [0, 0.05) is 19.5 Å². The lowest BCUT2D eigenvalue weighted by atomic mass is 10.3. The van der Waals surface area contributed by atoms with E-state index in [2.05, 4.69) is 15.0 Å². The number of hydrogen-bond acceptors (Lipinski definition) is 4. The van der Waals surface area contributed by atoms with Gasteiger partial charge in [-0.15, -0.1) is 0 Å². The number of nitrogens with zero attached hydrogens (tertiary/aromatic N) is 1. The van der Waals surface area contributed by atoms with E-state index < -0.39 is 0 Å². The largest absolute Gasteiger partial charge is 0.469 e. The number of hydrogen-bond donors (Lipinski definition) is 1. The maximum atomic E-state index is 10.7. The molecule has 0 amide bonds. The molecule has 0 aromatic rings. The Labute approximate surface area is 80.2 Å². The van der Waals surface area contributed by atoms with E-state index in [0.29, 0.717) is 6.42 Å². The van der Waals surface area contributed by atoms with Gasteiger partial charge in [0.15, 0.2) is 0 Å². The molecule has 0 aromatic heterocycles. The third kappa shape index (κ3) is 9.30. The van der Waals surface area contributed by atoms with E-state index in [1.54, 1.807) is 0 Å². The van der Waals surface area contributed by atoms with Crippen molar-refractivity contribution < 1.29 is 9.53 Å². The van der Waals surface area contributed by atoms with Crippen LogP contribution in [0.5, 0.6) is 0 Å². The molecule has 0 aliphatic heterocycles. The van der Waals surface area contributed by atoms with Gasteiger partial charge in [-0.25, -0.2) is 0 Å². The molecule has 0 fully saturated rings. The summed E-state index contributed by atoms with van der Waals surface area (Å²) in [7, 11) is 5.49. The van der Waals surface area contributed by atoms with Gasteiger partial charge in [-0.3, -0.25) is 4.79 Å². The molecular formula is C9H20N2O2. The third-order valence-corrected chi connectivity index (χ3v) is 1.70. The molecule has 0 aliphatic rings. The smallest absolute Gasteiger partial charge is 0.305 e. The summed E-state index contributed by atoms with van der Waals surface area (Å²) in [5.41, 5.74) is 0. The van der Waals surface area contributed by atoms with Crippen LogP contribution < -0.4 is 5.32 Å². The fourth-order valence-corrected chi connectivity index (χ4v) is 0.887. The summed E-state index contributed by atoms with van der Waals surface area (Å²) < 4.78 is 4.52. The third-order valence-electron chi connectivity index (χ3n) is 1.70. The summed E-state index contributed by atoms with van der Waals surface area (Å²) in [6.07, 6.45) is 1.35. The van der Waals surface area contributed by atoms with E-state index in [1.165, 1.54) is 7.11 Å². The molecule has 0 saturated carbocycles. The fourth-order valence-electron chi connectivity index (χ4n) is 0.887. The van der Waals surface area contributed by atoms with Crippen LogP contribution >= 0.6 is 0 Å². The summed E-state index contributed by atoms with van der Waals surface area (Å²) in [5.74, 6) is -0.130. The quantitative estimate of drug-likeness (QED) is 0.454. The van der Waals surface area contributed by atoms with Gasteiger partial charge in [0.2, 0.25) is 0 Å². The summed E-state index contributed by atoms with van der Waals surface area (Å²) >= 11 is 0. The maximum Gasteiger partial charge on any atom is 0.305 e. The highest BCUT2D eigenvalue weighted by atomic mass is 16.5. The van der Waals surface area contributed by atoms with Crippen LogP contribution in [0.25, 0.3) is 0 Å². The van der Waals surface area contributed by atoms with Crippen molar-refractivity contribution in [3.8, 4) is 0 Å². The second kappa shape index (κ2) is 8.01. The molecule has 13 heavy (non-hydrogen) atoms. The Morgan fingerprint density at radius 2 is 2.08 bits per heavy atom. The van der Waals surface area contributed by atoms with Crippen LogP contribution in [-0.4, -0.2) is 51.7 Å². The molecule has 0 unspecified atom stereocenters. The molecular weight excluding hydrogens is 168 g/mol. The lowest BCUT2D eigenvalue weighted by Crippen LogP contribution is -2.27. The predicted octanol–water partition coefficient (Wildman–Crippen LogP) is 0.0908. The molecule has 0 radical (unpaired) electrons. The van der Waals surface area contributed by atoms with Crippen LogP contribution in [0.3, 0.4) is 0 Å². The second-order valence-corrected chi connectivity index (χ2v) is 3.23. The van der Waals surface area contributed by atoms with E-state index >= 15 is 0 Å². The SMILES string of the molecule is COC(=O)CCCNCCN(C)C. The van der Waals surface area contributed by atoms with Gasteiger partial charge in [0.25, 0.3) is 0 Å². The standard InChI is InChI=1S/C9H20N2O2/c1-11(2)8-7-10-6-4-5-9(12)13-3/h10H,4-8H2,1-3H3. The minimum absolute atomic E-state index is 0.130. The Morgan fingerprint density at radius 1 is 1.38 bits per heavy atom. The van der Waals surface area contributed by atoms with Crippen LogP contribution in [0.15, 0.2) is 0 Å². The highest BCUT2D eigenvalue weighted by Gasteiger charge is 1.98. The normalized spacial score (nSPS) is 10.5. The number of esters is 1. The molecule has 4 nitrogen and oxygen atoms in total. The molecule has 0 heterocycles. The van der Waals surface area contributed by atoms with Gasteiger partial charge >= 0.3 is 5.97 Å². The zero-order valence-corrected chi connectivity index (χ0v) is 8.80. The first-order valence-electron chi connectivity index (χ1n) is 4.59. The van der Waals surface area contributed by atoms with E-state index in [1.807, 2.05) is 14.1 Å². The number of ether oxygens (including phenoxy) is 1. The molecule has 0 rings (SSSR count). The number of methoxy groups -OCH3 is 1. The second-order valence-electron chi connectivity index (χ2n) is 3.23. The van der Waals surface area contributed by atoms with Crippen molar-refractivity contribution >= 4 is 5.97 Å². The highest BCUT2D eigenvalue weighted by molar-refractivity contribution is 5.68. The summed E-state index contributed by atoms with van der Waals surface area (Å²) in [4.78, 5) is 12.8. The van der Waals surface area contributed by atoms with Gasteiger partial charge in [-0.2, -0.15) is 0 Å². The van der Waals surface area contributed by atoms with Gasteiger partial charge in [0.05, 0.1) is 7.11 Å². The number of likely N-dealkylation sites (N-methyl/N-ethyl adjacent to an activating group) is 1. The summed E-state index contributed by atoms with van der Waals surface area (Å²) in [5, 5.41) is 3.25. The molecule has 0 saturated heterocycles. The van der Waals surface area contributed by atoms with E-state index in [9.17, 15) is 4.79 Å². The Hall–Kier alpha value is -0.610. The minimum Gasteiger partial charge on any atom is -0.469 e. The lowest BCUT2D eigenvalue weighted by Gasteiger charge is -2.09. The van der Waals surface area contributed by atoms with Crippen molar-refractivity contribution in [2.75, 3.05) is 40.8 Å². The number of carbonyl (C=O) groups excluding carboxylic acids is 1. The Balaban J connectivity index is 3.04. The zero-order chi connectivity index (χ0) is 10.1. The molecule has 0 atom stereocenters. The maximum absolute atomic E-state index is 10.7. The van der Waals surface area contributed by atoms with Gasteiger partial charge in [0.1, 0.15) is 0 Å². The number of rotatable bonds is 7. The molecule has 0 aromatic carbocycles. The molecule has 78 valence electrons.